The second-order valence-electron chi connectivity index (χ2n) is 3.98. The zero-order valence-electron chi connectivity index (χ0n) is 11.5. The second-order valence-corrected chi connectivity index (χ2v) is 3.98. The molecule has 112 valence electrons. The predicted octanol–water partition coefficient (Wildman–Crippen LogP) is 0.181. The number of aldehydes is 1. The summed E-state index contributed by atoms with van der Waals surface area (Å²) in [5.41, 5.74) is 0.653. The van der Waals surface area contributed by atoms with Crippen LogP contribution in [0.4, 0.5) is 4.79 Å². The van der Waals surface area contributed by atoms with Crippen molar-refractivity contribution in [2.24, 2.45) is 0 Å². The van der Waals surface area contributed by atoms with Gasteiger partial charge in [-0.05, 0) is 37.8 Å². The molecule has 0 saturated heterocycles. The number of amides is 3. The van der Waals surface area contributed by atoms with Crippen molar-refractivity contribution in [3.05, 3.63) is 23.5 Å². The van der Waals surface area contributed by atoms with Gasteiger partial charge in [0.15, 0.2) is 0 Å². The van der Waals surface area contributed by atoms with Crippen LogP contribution in [0.25, 0.3) is 0 Å². The molecule has 20 heavy (non-hydrogen) atoms. The van der Waals surface area contributed by atoms with Crippen LogP contribution in [0.5, 0.6) is 0 Å². The highest BCUT2D eigenvalue weighted by Crippen LogP contribution is 2.01. The third-order valence-corrected chi connectivity index (χ3v) is 2.38. The number of aliphatic hydroxyl groups is 1. The smallest absolute Gasteiger partial charge is 0.326 e. The first-order chi connectivity index (χ1) is 9.65. The van der Waals surface area contributed by atoms with Crippen molar-refractivity contribution in [3.63, 3.8) is 0 Å². The minimum atomic E-state index is -0.656. The van der Waals surface area contributed by atoms with Crippen molar-refractivity contribution in [1.82, 2.24) is 16.0 Å². The molecular formula is C13H21N3O4. The maximum absolute atomic E-state index is 11.3. The Morgan fingerprint density at radius 1 is 1.20 bits per heavy atom. The third-order valence-electron chi connectivity index (χ3n) is 2.38. The van der Waals surface area contributed by atoms with E-state index < -0.39 is 6.03 Å². The minimum absolute atomic E-state index is 0.157. The Bertz CT molecular complexity index is 378. The van der Waals surface area contributed by atoms with Crippen LogP contribution in [0.3, 0.4) is 0 Å². The number of rotatable bonds is 10. The van der Waals surface area contributed by atoms with Gasteiger partial charge in [0, 0.05) is 13.2 Å². The van der Waals surface area contributed by atoms with Gasteiger partial charge in [-0.2, -0.15) is 0 Å². The number of imide groups is 1. The molecule has 0 aliphatic carbocycles. The Morgan fingerprint density at radius 3 is 2.55 bits per heavy atom. The molecule has 0 aromatic carbocycles. The molecule has 0 aromatic heterocycles. The zero-order chi connectivity index (χ0) is 15.2. The number of hydrogen-bond donors (Lipinski definition) is 4. The second kappa shape index (κ2) is 11.9. The fourth-order valence-electron chi connectivity index (χ4n) is 1.38. The highest BCUT2D eigenvalue weighted by molar-refractivity contribution is 5.85. The van der Waals surface area contributed by atoms with Gasteiger partial charge in [0.1, 0.15) is 12.1 Å². The zero-order valence-corrected chi connectivity index (χ0v) is 11.5. The lowest BCUT2D eigenvalue weighted by molar-refractivity contribution is -0.108. The first kappa shape index (κ1) is 17.8. The maximum Gasteiger partial charge on any atom is 0.326 e. The van der Waals surface area contributed by atoms with E-state index in [9.17, 15) is 14.4 Å². The summed E-state index contributed by atoms with van der Waals surface area (Å²) in [4.78, 5) is 31.8. The number of nitrogens with one attached hydrogen (secondary N) is 3. The summed E-state index contributed by atoms with van der Waals surface area (Å²) in [6.07, 6.45) is 6.18. The topological polar surface area (TPSA) is 108 Å². The van der Waals surface area contributed by atoms with E-state index >= 15 is 0 Å². The van der Waals surface area contributed by atoms with E-state index in [-0.39, 0.29) is 13.0 Å². The average molecular weight is 283 g/mol. The molecule has 3 amide bonds. The number of allylic oxidation sites excluding steroid dienone is 3. The van der Waals surface area contributed by atoms with E-state index in [1.807, 2.05) is 5.32 Å². The standard InChI is InChI=1S/C13H21N3O4/c1-11(6-5-9-18)12(16-13(20)15-10-19)14-7-3-2-4-8-17/h5-6,9-10,14,17H,2-4,7-8H2,1H3,(H2,15,16,19,20)/b6-5+,12-11+. The van der Waals surface area contributed by atoms with Crippen molar-refractivity contribution >= 4 is 18.7 Å². The summed E-state index contributed by atoms with van der Waals surface area (Å²) >= 11 is 0. The van der Waals surface area contributed by atoms with Gasteiger partial charge < -0.3 is 10.4 Å². The van der Waals surface area contributed by atoms with Crippen LogP contribution in [-0.4, -0.2) is 37.0 Å². The molecule has 0 aromatic rings. The van der Waals surface area contributed by atoms with Gasteiger partial charge in [-0.1, -0.05) is 6.08 Å². The molecular weight excluding hydrogens is 262 g/mol. The Kier molecular flexibility index (Phi) is 10.6. The molecule has 0 aliphatic heterocycles. The predicted molar refractivity (Wildman–Crippen MR) is 74.6 cm³/mol. The monoisotopic (exact) mass is 283 g/mol. The maximum atomic E-state index is 11.3. The highest BCUT2D eigenvalue weighted by atomic mass is 16.3. The molecule has 0 atom stereocenters. The summed E-state index contributed by atoms with van der Waals surface area (Å²) in [6.45, 7) is 2.48. The Balaban J connectivity index is 4.53. The lowest BCUT2D eigenvalue weighted by Crippen LogP contribution is -2.39. The number of aliphatic hydroxyl groups excluding tert-OH is 1. The van der Waals surface area contributed by atoms with Crippen molar-refractivity contribution in [2.75, 3.05) is 13.2 Å². The van der Waals surface area contributed by atoms with Crippen LogP contribution in [-0.2, 0) is 9.59 Å². The van der Waals surface area contributed by atoms with Gasteiger partial charge in [0.2, 0.25) is 6.41 Å². The molecule has 7 heteroatoms. The molecule has 4 N–H and O–H groups in total. The van der Waals surface area contributed by atoms with E-state index in [4.69, 9.17) is 5.11 Å². The molecule has 0 fully saturated rings. The minimum Gasteiger partial charge on any atom is -0.396 e. The fourth-order valence-corrected chi connectivity index (χ4v) is 1.38. The number of carbonyl (C=O) groups is 3. The molecule has 0 heterocycles. The van der Waals surface area contributed by atoms with Gasteiger partial charge in [0.25, 0.3) is 0 Å². The molecule has 7 nitrogen and oxygen atoms in total. The normalized spacial score (nSPS) is 11.7. The number of urea groups is 1. The van der Waals surface area contributed by atoms with Crippen LogP contribution in [0.2, 0.25) is 0 Å². The quantitative estimate of drug-likeness (QED) is 0.198. The number of hydrogen-bond acceptors (Lipinski definition) is 5. The van der Waals surface area contributed by atoms with Crippen LogP contribution < -0.4 is 16.0 Å². The van der Waals surface area contributed by atoms with E-state index in [1.54, 1.807) is 13.0 Å². The summed E-state index contributed by atoms with van der Waals surface area (Å²) in [5, 5.41) is 16.1. The summed E-state index contributed by atoms with van der Waals surface area (Å²) < 4.78 is 0. The molecule has 0 spiro atoms. The van der Waals surface area contributed by atoms with E-state index in [2.05, 4.69) is 10.6 Å². The van der Waals surface area contributed by atoms with Crippen molar-refractivity contribution in [2.45, 2.75) is 26.2 Å². The summed E-state index contributed by atoms with van der Waals surface area (Å²) in [5.74, 6) is 0.423. The van der Waals surface area contributed by atoms with Gasteiger partial charge >= 0.3 is 6.03 Å². The molecule has 0 rings (SSSR count). The number of carbonyl (C=O) groups excluding carboxylic acids is 3. The lowest BCUT2D eigenvalue weighted by Gasteiger charge is -2.14. The van der Waals surface area contributed by atoms with E-state index in [0.717, 1.165) is 19.3 Å². The average Bonchev–Trinajstić information content (AvgIpc) is 2.43. The van der Waals surface area contributed by atoms with Gasteiger partial charge in [-0.15, -0.1) is 0 Å². The third kappa shape index (κ3) is 8.87. The van der Waals surface area contributed by atoms with Crippen LogP contribution in [0, 0.1) is 0 Å². The molecule has 0 bridgehead atoms. The molecule has 0 aliphatic rings. The van der Waals surface area contributed by atoms with Crippen LogP contribution in [0.1, 0.15) is 26.2 Å². The lowest BCUT2D eigenvalue weighted by atomic mass is 10.2. The van der Waals surface area contributed by atoms with Gasteiger partial charge in [0.05, 0.1) is 0 Å². The fraction of sp³-hybridized carbons (Fsp3) is 0.462. The SMILES string of the molecule is CC(/C=C/C=O)=C(/NCCCCCO)NC(=O)NC=O. The highest BCUT2D eigenvalue weighted by Gasteiger charge is 2.05. The Hall–Kier alpha value is -2.15. The first-order valence-electron chi connectivity index (χ1n) is 6.34. The van der Waals surface area contributed by atoms with Gasteiger partial charge in [-0.25, -0.2) is 4.79 Å². The van der Waals surface area contributed by atoms with Crippen molar-refractivity contribution in [1.29, 1.82) is 0 Å². The first-order valence-corrected chi connectivity index (χ1v) is 6.34. The largest absolute Gasteiger partial charge is 0.396 e. The van der Waals surface area contributed by atoms with Crippen molar-refractivity contribution in [3.8, 4) is 0 Å². The van der Waals surface area contributed by atoms with Crippen molar-refractivity contribution < 1.29 is 19.5 Å². The number of unbranched alkanes of at least 4 members (excludes halogenated alkanes) is 2. The van der Waals surface area contributed by atoms with E-state index in [0.29, 0.717) is 24.2 Å². The van der Waals surface area contributed by atoms with Crippen LogP contribution in [0.15, 0.2) is 23.5 Å². The Morgan fingerprint density at radius 2 is 1.95 bits per heavy atom. The van der Waals surface area contributed by atoms with Gasteiger partial charge in [-0.3, -0.25) is 20.2 Å². The molecule has 0 saturated carbocycles. The molecule has 0 radical (unpaired) electrons. The van der Waals surface area contributed by atoms with E-state index in [1.165, 1.54) is 6.08 Å². The van der Waals surface area contributed by atoms with Crippen LogP contribution >= 0.6 is 0 Å². The molecule has 0 unspecified atom stereocenters. The summed E-state index contributed by atoms with van der Waals surface area (Å²) in [7, 11) is 0. The summed E-state index contributed by atoms with van der Waals surface area (Å²) in [6, 6.07) is -0.656. The Labute approximate surface area is 118 Å².